The number of rotatable bonds is 2. The highest BCUT2D eigenvalue weighted by molar-refractivity contribution is 5.98. The predicted octanol–water partition coefficient (Wildman–Crippen LogP) is 1.18. The van der Waals surface area contributed by atoms with Crippen LogP contribution in [0.15, 0.2) is 18.3 Å². The van der Waals surface area contributed by atoms with Crippen LogP contribution >= 0.6 is 0 Å². The average Bonchev–Trinajstić information content (AvgIpc) is 2.62. The van der Waals surface area contributed by atoms with Gasteiger partial charge < -0.3 is 14.5 Å². The topological polar surface area (TPSA) is 62.7 Å². The molecule has 0 atom stereocenters. The number of carbonyl (C=O) groups is 2. The van der Waals surface area contributed by atoms with Crippen LogP contribution in [0.2, 0.25) is 0 Å². The van der Waals surface area contributed by atoms with Gasteiger partial charge in [0.05, 0.1) is 13.2 Å². The number of aromatic nitrogens is 1. The molecule has 3 heterocycles. The first-order valence-electron chi connectivity index (χ1n) is 7.88. The molecule has 1 aromatic heterocycles. The summed E-state index contributed by atoms with van der Waals surface area (Å²) in [5.41, 5.74) is 0.887. The maximum atomic E-state index is 12.5. The molecule has 1 aromatic rings. The third kappa shape index (κ3) is 3.27. The summed E-state index contributed by atoms with van der Waals surface area (Å²) in [6, 6.07) is 3.29. The van der Waals surface area contributed by atoms with E-state index < -0.39 is 0 Å². The van der Waals surface area contributed by atoms with E-state index in [-0.39, 0.29) is 11.8 Å². The van der Waals surface area contributed by atoms with Crippen molar-refractivity contribution in [1.82, 2.24) is 14.8 Å². The Hall–Kier alpha value is -1.95. The van der Waals surface area contributed by atoms with Crippen molar-refractivity contribution in [2.75, 3.05) is 39.4 Å². The minimum atomic E-state index is -0.0728. The van der Waals surface area contributed by atoms with Gasteiger partial charge in [0.25, 0.3) is 11.8 Å². The molecule has 2 aliphatic rings. The smallest absolute Gasteiger partial charge is 0.272 e. The van der Waals surface area contributed by atoms with Crippen LogP contribution in [0.1, 0.15) is 40.1 Å². The fourth-order valence-electron chi connectivity index (χ4n) is 2.89. The molecule has 22 heavy (non-hydrogen) atoms. The van der Waals surface area contributed by atoms with Gasteiger partial charge in [0.2, 0.25) is 0 Å². The lowest BCUT2D eigenvalue weighted by atomic mass is 10.1. The van der Waals surface area contributed by atoms with Crippen LogP contribution in [0, 0.1) is 0 Å². The summed E-state index contributed by atoms with van der Waals surface area (Å²) in [7, 11) is 0. The summed E-state index contributed by atoms with van der Waals surface area (Å²) in [6.45, 7) is 3.88. The van der Waals surface area contributed by atoms with Crippen molar-refractivity contribution in [3.8, 4) is 0 Å². The van der Waals surface area contributed by atoms with Crippen LogP contribution in [0.3, 0.4) is 0 Å². The zero-order valence-corrected chi connectivity index (χ0v) is 12.7. The molecule has 2 amide bonds. The molecule has 0 aromatic carbocycles. The van der Waals surface area contributed by atoms with E-state index in [9.17, 15) is 9.59 Å². The molecule has 3 rings (SSSR count). The molecule has 0 radical (unpaired) electrons. The van der Waals surface area contributed by atoms with Crippen molar-refractivity contribution in [2.45, 2.75) is 19.3 Å². The lowest BCUT2D eigenvalue weighted by molar-refractivity contribution is 0.0303. The van der Waals surface area contributed by atoms with E-state index in [0.717, 1.165) is 25.9 Å². The zero-order chi connectivity index (χ0) is 15.4. The van der Waals surface area contributed by atoms with Crippen LogP contribution in [0.4, 0.5) is 0 Å². The summed E-state index contributed by atoms with van der Waals surface area (Å²) in [5, 5.41) is 0. The number of carbonyl (C=O) groups excluding carboxylic acids is 2. The molecule has 118 valence electrons. The first kappa shape index (κ1) is 15.0. The first-order valence-corrected chi connectivity index (χ1v) is 7.88. The van der Waals surface area contributed by atoms with E-state index in [4.69, 9.17) is 4.74 Å². The third-order valence-electron chi connectivity index (χ3n) is 4.17. The quantitative estimate of drug-likeness (QED) is 0.823. The lowest BCUT2D eigenvalue weighted by Gasteiger charge is -2.27. The number of morpholine rings is 1. The molecular weight excluding hydrogens is 282 g/mol. The van der Waals surface area contributed by atoms with Gasteiger partial charge in [-0.1, -0.05) is 0 Å². The van der Waals surface area contributed by atoms with Crippen molar-refractivity contribution in [3.05, 3.63) is 29.6 Å². The minimum absolute atomic E-state index is 0.0570. The second-order valence-corrected chi connectivity index (χ2v) is 5.69. The van der Waals surface area contributed by atoms with Crippen molar-refractivity contribution in [1.29, 1.82) is 0 Å². The second kappa shape index (κ2) is 6.87. The zero-order valence-electron chi connectivity index (χ0n) is 12.7. The Morgan fingerprint density at radius 1 is 0.955 bits per heavy atom. The Balaban J connectivity index is 1.73. The lowest BCUT2D eigenvalue weighted by Crippen LogP contribution is -2.41. The maximum absolute atomic E-state index is 12.5. The number of hydrogen-bond acceptors (Lipinski definition) is 4. The van der Waals surface area contributed by atoms with Crippen molar-refractivity contribution < 1.29 is 14.3 Å². The Labute approximate surface area is 130 Å². The van der Waals surface area contributed by atoms with Crippen LogP contribution in [-0.4, -0.2) is 66.0 Å². The number of likely N-dealkylation sites (tertiary alicyclic amines) is 1. The van der Waals surface area contributed by atoms with Crippen LogP contribution < -0.4 is 0 Å². The Kier molecular flexibility index (Phi) is 4.68. The van der Waals surface area contributed by atoms with Gasteiger partial charge in [0.15, 0.2) is 0 Å². The summed E-state index contributed by atoms with van der Waals surface area (Å²) in [6.07, 6.45) is 4.80. The SMILES string of the molecule is O=C(c1ccnc(C(=O)N2CCCCC2)c1)N1CCOCC1. The molecule has 0 spiro atoms. The van der Waals surface area contributed by atoms with E-state index in [1.807, 2.05) is 4.90 Å². The van der Waals surface area contributed by atoms with E-state index in [1.165, 1.54) is 6.42 Å². The van der Waals surface area contributed by atoms with Gasteiger partial charge >= 0.3 is 0 Å². The largest absolute Gasteiger partial charge is 0.378 e. The first-order chi connectivity index (χ1) is 10.8. The fraction of sp³-hybridized carbons (Fsp3) is 0.562. The highest BCUT2D eigenvalue weighted by Crippen LogP contribution is 2.14. The molecule has 0 N–H and O–H groups in total. The van der Waals surface area contributed by atoms with Gasteiger partial charge in [-0.05, 0) is 31.4 Å². The molecule has 6 nitrogen and oxygen atoms in total. The third-order valence-corrected chi connectivity index (χ3v) is 4.17. The molecule has 6 heteroatoms. The number of piperidine rings is 1. The van der Waals surface area contributed by atoms with Gasteiger partial charge in [0.1, 0.15) is 5.69 Å². The maximum Gasteiger partial charge on any atom is 0.272 e. The molecule has 0 bridgehead atoms. The normalized spacial score (nSPS) is 19.1. The fourth-order valence-corrected chi connectivity index (χ4v) is 2.89. The molecule has 0 aliphatic carbocycles. The van der Waals surface area contributed by atoms with Crippen molar-refractivity contribution in [2.24, 2.45) is 0 Å². The minimum Gasteiger partial charge on any atom is -0.378 e. The Morgan fingerprint density at radius 2 is 1.64 bits per heavy atom. The van der Waals surface area contributed by atoms with Crippen LogP contribution in [0.25, 0.3) is 0 Å². The van der Waals surface area contributed by atoms with Crippen molar-refractivity contribution in [3.63, 3.8) is 0 Å². The number of pyridine rings is 1. The highest BCUT2D eigenvalue weighted by atomic mass is 16.5. The second-order valence-electron chi connectivity index (χ2n) is 5.69. The molecule has 2 aliphatic heterocycles. The molecule has 0 saturated carbocycles. The van der Waals surface area contributed by atoms with Crippen LogP contribution in [0.5, 0.6) is 0 Å². The predicted molar refractivity (Wildman–Crippen MR) is 80.7 cm³/mol. The summed E-state index contributed by atoms with van der Waals surface area (Å²) in [4.78, 5) is 32.7. The van der Waals surface area contributed by atoms with E-state index >= 15 is 0 Å². The van der Waals surface area contributed by atoms with Crippen molar-refractivity contribution >= 4 is 11.8 Å². The molecule has 0 unspecified atom stereocenters. The van der Waals surface area contributed by atoms with E-state index in [1.54, 1.807) is 23.2 Å². The van der Waals surface area contributed by atoms with Gasteiger partial charge in [-0.3, -0.25) is 14.6 Å². The summed E-state index contributed by atoms with van der Waals surface area (Å²) < 4.78 is 5.26. The standard InChI is InChI=1S/C16H21N3O3/c20-15(19-8-10-22-11-9-19)13-4-5-17-14(12-13)16(21)18-6-2-1-3-7-18/h4-5,12H,1-3,6-11H2. The van der Waals surface area contributed by atoms with E-state index in [0.29, 0.717) is 37.6 Å². The number of nitrogens with zero attached hydrogens (tertiary/aromatic N) is 3. The van der Waals surface area contributed by atoms with Gasteiger partial charge in [-0.2, -0.15) is 0 Å². The van der Waals surface area contributed by atoms with Gasteiger partial charge in [0, 0.05) is 37.9 Å². The van der Waals surface area contributed by atoms with E-state index in [2.05, 4.69) is 4.98 Å². The monoisotopic (exact) mass is 303 g/mol. The highest BCUT2D eigenvalue weighted by Gasteiger charge is 2.22. The molecule has 2 saturated heterocycles. The molecular formula is C16H21N3O3. The summed E-state index contributed by atoms with van der Waals surface area (Å²) >= 11 is 0. The van der Waals surface area contributed by atoms with Gasteiger partial charge in [-0.15, -0.1) is 0 Å². The Bertz CT molecular complexity index is 504. The van der Waals surface area contributed by atoms with Gasteiger partial charge in [-0.25, -0.2) is 0 Å². The average molecular weight is 303 g/mol. The number of hydrogen-bond donors (Lipinski definition) is 0. The number of ether oxygens (including phenoxy) is 1. The Morgan fingerprint density at radius 3 is 2.36 bits per heavy atom. The van der Waals surface area contributed by atoms with Crippen LogP contribution in [-0.2, 0) is 4.74 Å². The number of amides is 2. The summed E-state index contributed by atoms with van der Waals surface area (Å²) in [5.74, 6) is -0.130. The molecule has 2 fully saturated rings.